The number of benzene rings is 3. The van der Waals surface area contributed by atoms with Crippen molar-refractivity contribution in [2.24, 2.45) is 5.92 Å². The molecular formula is C31H38FN3O5S. The van der Waals surface area contributed by atoms with Crippen LogP contribution in [-0.4, -0.2) is 50.9 Å². The van der Waals surface area contributed by atoms with E-state index in [1.165, 1.54) is 4.90 Å². The van der Waals surface area contributed by atoms with E-state index in [1.54, 1.807) is 31.2 Å². The molecule has 0 aliphatic carbocycles. The summed E-state index contributed by atoms with van der Waals surface area (Å²) in [6, 6.07) is 17.4. The molecule has 0 saturated carbocycles. The largest absolute Gasteiger partial charge is 0.494 e. The van der Waals surface area contributed by atoms with E-state index in [9.17, 15) is 22.4 Å². The third kappa shape index (κ3) is 8.53. The zero-order chi connectivity index (χ0) is 30.2. The zero-order valence-electron chi connectivity index (χ0n) is 24.1. The van der Waals surface area contributed by atoms with Crippen LogP contribution in [0.5, 0.6) is 5.75 Å². The van der Waals surface area contributed by atoms with E-state index in [0.717, 1.165) is 39.7 Å². The normalized spacial score (nSPS) is 12.1. The first-order valence-electron chi connectivity index (χ1n) is 13.6. The number of anilines is 1. The summed E-state index contributed by atoms with van der Waals surface area (Å²) in [5.74, 6) is -0.744. The van der Waals surface area contributed by atoms with Gasteiger partial charge in [0.15, 0.2) is 0 Å². The molecule has 0 heterocycles. The van der Waals surface area contributed by atoms with Crippen LogP contribution in [0.15, 0.2) is 77.7 Å². The lowest BCUT2D eigenvalue weighted by Crippen LogP contribution is -2.51. The Morgan fingerprint density at radius 3 is 2.22 bits per heavy atom. The van der Waals surface area contributed by atoms with Crippen molar-refractivity contribution < 1.29 is 27.1 Å². The highest BCUT2D eigenvalue weighted by molar-refractivity contribution is 7.92. The summed E-state index contributed by atoms with van der Waals surface area (Å²) in [5.41, 5.74) is 2.01. The highest BCUT2D eigenvalue weighted by Gasteiger charge is 2.32. The summed E-state index contributed by atoms with van der Waals surface area (Å²) in [6.07, 6.45) is 0. The number of sulfonamides is 1. The van der Waals surface area contributed by atoms with Gasteiger partial charge >= 0.3 is 0 Å². The summed E-state index contributed by atoms with van der Waals surface area (Å²) in [4.78, 5) is 28.2. The van der Waals surface area contributed by atoms with E-state index in [1.807, 2.05) is 52.0 Å². The van der Waals surface area contributed by atoms with Gasteiger partial charge in [0.25, 0.3) is 10.0 Å². The van der Waals surface area contributed by atoms with E-state index in [4.69, 9.17) is 4.74 Å². The summed E-state index contributed by atoms with van der Waals surface area (Å²) >= 11 is 0. The average molecular weight is 584 g/mol. The number of nitrogens with zero attached hydrogens (tertiary/aromatic N) is 2. The Morgan fingerprint density at radius 1 is 0.976 bits per heavy atom. The van der Waals surface area contributed by atoms with Gasteiger partial charge in [-0.3, -0.25) is 13.9 Å². The minimum absolute atomic E-state index is 0.102. The Bertz CT molecular complexity index is 1430. The number of ether oxygens (including phenoxy) is 1. The first-order chi connectivity index (χ1) is 19.4. The molecule has 0 radical (unpaired) electrons. The second-order valence-electron chi connectivity index (χ2n) is 10.2. The van der Waals surface area contributed by atoms with Crippen LogP contribution in [0.1, 0.15) is 38.8 Å². The molecule has 0 saturated heterocycles. The molecule has 3 aromatic carbocycles. The molecule has 1 atom stereocenters. The zero-order valence-corrected chi connectivity index (χ0v) is 24.9. The topological polar surface area (TPSA) is 96.0 Å². The number of hydrogen-bond donors (Lipinski definition) is 1. The quantitative estimate of drug-likeness (QED) is 0.308. The van der Waals surface area contributed by atoms with E-state index in [-0.39, 0.29) is 29.0 Å². The fourth-order valence-corrected chi connectivity index (χ4v) is 5.59. The summed E-state index contributed by atoms with van der Waals surface area (Å²) < 4.78 is 47.7. The van der Waals surface area contributed by atoms with Crippen molar-refractivity contribution in [1.82, 2.24) is 10.2 Å². The van der Waals surface area contributed by atoms with Crippen LogP contribution in [0.25, 0.3) is 0 Å². The van der Waals surface area contributed by atoms with Gasteiger partial charge in [-0.05, 0) is 80.8 Å². The number of hydrogen-bond acceptors (Lipinski definition) is 5. The van der Waals surface area contributed by atoms with E-state index >= 15 is 0 Å². The summed E-state index contributed by atoms with van der Waals surface area (Å²) in [7, 11) is -4.29. The van der Waals surface area contributed by atoms with Crippen molar-refractivity contribution in [2.45, 2.75) is 52.1 Å². The van der Waals surface area contributed by atoms with Crippen molar-refractivity contribution in [2.75, 3.05) is 24.0 Å². The number of rotatable bonds is 13. The number of aryl methyl sites for hydroxylation is 1. The second-order valence-corrected chi connectivity index (χ2v) is 12.1. The molecule has 3 aromatic rings. The SMILES string of the molecule is CCOc1ccc(N(CC(=O)N(Cc2cccc(C)c2)[C@H](C)C(=O)NCC(C)C)S(=O)(=O)c2ccc(F)cc2)cc1. The van der Waals surface area contributed by atoms with Crippen LogP contribution in [0.2, 0.25) is 0 Å². The monoisotopic (exact) mass is 583 g/mol. The highest BCUT2D eigenvalue weighted by Crippen LogP contribution is 2.27. The molecule has 0 bridgehead atoms. The van der Waals surface area contributed by atoms with Gasteiger partial charge in [-0.2, -0.15) is 0 Å². The molecule has 2 amide bonds. The fraction of sp³-hybridized carbons (Fsp3) is 0.355. The third-order valence-corrected chi connectivity index (χ3v) is 8.19. The fourth-order valence-electron chi connectivity index (χ4n) is 4.18. The standard InChI is InChI=1S/C31H38FN3O5S/c1-6-40-28-14-12-27(13-15-28)35(41(38,39)29-16-10-26(32)11-17-29)21-30(36)34(20-25-9-7-8-23(4)18-25)24(5)31(37)33-19-22(2)3/h7-18,22,24H,6,19-21H2,1-5H3,(H,33,37)/t24-/m1/s1. The summed E-state index contributed by atoms with van der Waals surface area (Å²) in [5, 5.41) is 2.86. The number of carbonyl (C=O) groups is 2. The number of amides is 2. The number of halogens is 1. The molecule has 0 unspecified atom stereocenters. The van der Waals surface area contributed by atoms with Gasteiger partial charge in [-0.15, -0.1) is 0 Å². The molecule has 1 N–H and O–H groups in total. The smallest absolute Gasteiger partial charge is 0.264 e. The Morgan fingerprint density at radius 2 is 1.63 bits per heavy atom. The van der Waals surface area contributed by atoms with Gasteiger partial charge in [0.05, 0.1) is 17.2 Å². The van der Waals surface area contributed by atoms with Crippen molar-refractivity contribution in [3.8, 4) is 5.75 Å². The molecule has 8 nitrogen and oxygen atoms in total. The van der Waals surface area contributed by atoms with Crippen molar-refractivity contribution in [1.29, 1.82) is 0 Å². The van der Waals surface area contributed by atoms with Crippen LogP contribution < -0.4 is 14.4 Å². The first kappa shape index (κ1) is 31.6. The van der Waals surface area contributed by atoms with Crippen LogP contribution in [0.4, 0.5) is 10.1 Å². The van der Waals surface area contributed by atoms with Gasteiger partial charge in [0, 0.05) is 13.1 Å². The van der Waals surface area contributed by atoms with Crippen LogP contribution in [0.3, 0.4) is 0 Å². The average Bonchev–Trinajstić information content (AvgIpc) is 2.93. The van der Waals surface area contributed by atoms with Crippen molar-refractivity contribution >= 4 is 27.5 Å². The van der Waals surface area contributed by atoms with Gasteiger partial charge < -0.3 is 15.0 Å². The molecule has 41 heavy (non-hydrogen) atoms. The van der Waals surface area contributed by atoms with Crippen LogP contribution in [-0.2, 0) is 26.2 Å². The predicted molar refractivity (Wildman–Crippen MR) is 158 cm³/mol. The Balaban J connectivity index is 2.02. The predicted octanol–water partition coefficient (Wildman–Crippen LogP) is 4.92. The highest BCUT2D eigenvalue weighted by atomic mass is 32.2. The molecule has 0 spiro atoms. The number of nitrogens with one attached hydrogen (secondary N) is 1. The minimum atomic E-state index is -4.29. The molecule has 0 fully saturated rings. The Labute approximate surface area is 242 Å². The lowest BCUT2D eigenvalue weighted by atomic mass is 10.1. The van der Waals surface area contributed by atoms with E-state index < -0.39 is 34.3 Å². The molecule has 0 aromatic heterocycles. The Kier molecular flexibility index (Phi) is 10.9. The minimum Gasteiger partial charge on any atom is -0.494 e. The van der Waals surface area contributed by atoms with Gasteiger partial charge in [-0.1, -0.05) is 43.7 Å². The lowest BCUT2D eigenvalue weighted by Gasteiger charge is -2.32. The maximum absolute atomic E-state index is 14.0. The van der Waals surface area contributed by atoms with Crippen LogP contribution >= 0.6 is 0 Å². The lowest BCUT2D eigenvalue weighted by molar-refractivity contribution is -0.139. The maximum Gasteiger partial charge on any atom is 0.264 e. The van der Waals surface area contributed by atoms with Gasteiger partial charge in [-0.25, -0.2) is 12.8 Å². The molecular weight excluding hydrogens is 545 g/mol. The Hall–Kier alpha value is -3.92. The van der Waals surface area contributed by atoms with E-state index in [0.29, 0.717) is 18.9 Å². The maximum atomic E-state index is 14.0. The van der Waals surface area contributed by atoms with Crippen molar-refractivity contribution in [3.63, 3.8) is 0 Å². The molecule has 0 aliphatic heterocycles. The van der Waals surface area contributed by atoms with Gasteiger partial charge in [0.2, 0.25) is 11.8 Å². The van der Waals surface area contributed by atoms with Gasteiger partial charge in [0.1, 0.15) is 24.2 Å². The first-order valence-corrected chi connectivity index (χ1v) is 15.0. The summed E-state index contributed by atoms with van der Waals surface area (Å²) in [6.45, 7) is 9.71. The van der Waals surface area contributed by atoms with E-state index in [2.05, 4.69) is 5.32 Å². The molecule has 10 heteroatoms. The number of carbonyl (C=O) groups excluding carboxylic acids is 2. The molecule has 220 valence electrons. The molecule has 0 aliphatic rings. The molecule has 3 rings (SSSR count). The third-order valence-electron chi connectivity index (χ3n) is 6.40. The second kappa shape index (κ2) is 14.1. The van der Waals surface area contributed by atoms with Crippen molar-refractivity contribution in [3.05, 3.63) is 89.7 Å². The van der Waals surface area contributed by atoms with Crippen LogP contribution in [0, 0.1) is 18.7 Å².